The summed E-state index contributed by atoms with van der Waals surface area (Å²) in [4.78, 5) is 15.3. The standard InChI is InChI=1S/C7H13NO2.C5H11ClSi/c1-4-7(9)10-8(5-2)6-3;1-4-5-7(2,3)6/h4H,1,5-6H2,2-3H3;4-5H,1-3H3. The number of nitrogens with zero attached hydrogens (tertiary/aromatic N) is 1. The number of rotatable bonds is 5. The molecule has 5 heteroatoms. The van der Waals surface area contributed by atoms with Crippen molar-refractivity contribution in [1.82, 2.24) is 5.06 Å². The van der Waals surface area contributed by atoms with Crippen LogP contribution in [0.25, 0.3) is 0 Å². The number of halogens is 1. The van der Waals surface area contributed by atoms with E-state index in [1.807, 2.05) is 26.8 Å². The highest BCUT2D eigenvalue weighted by molar-refractivity contribution is 7.21. The number of hydrogen-bond donors (Lipinski definition) is 0. The Bertz CT molecular complexity index is 245. The number of hydrogen-bond acceptors (Lipinski definition) is 3. The molecule has 0 aliphatic carbocycles. The Balaban J connectivity index is 0. The number of carbonyl (C=O) groups excluding carboxylic acids is 1. The van der Waals surface area contributed by atoms with Gasteiger partial charge in [0, 0.05) is 19.2 Å². The summed E-state index contributed by atoms with van der Waals surface area (Å²) in [5.74, 6) is -0.399. The molecule has 100 valence electrons. The molecule has 0 aliphatic heterocycles. The Kier molecular flexibility index (Phi) is 11.7. The molecule has 0 aromatic rings. The maximum absolute atomic E-state index is 10.6. The van der Waals surface area contributed by atoms with Crippen molar-refractivity contribution in [1.29, 1.82) is 0 Å². The van der Waals surface area contributed by atoms with Gasteiger partial charge in [-0.25, -0.2) is 4.79 Å². The molecule has 3 nitrogen and oxygen atoms in total. The van der Waals surface area contributed by atoms with Crippen LogP contribution in [0.5, 0.6) is 0 Å². The highest BCUT2D eigenvalue weighted by atomic mass is 35.6. The smallest absolute Gasteiger partial charge is 0.349 e. The topological polar surface area (TPSA) is 29.5 Å². The lowest BCUT2D eigenvalue weighted by atomic mass is 10.6. The molecule has 0 unspecified atom stereocenters. The maximum Gasteiger partial charge on any atom is 0.349 e. The molecule has 0 saturated heterocycles. The summed E-state index contributed by atoms with van der Waals surface area (Å²) in [7, 11) is -1.37. The molecule has 0 atom stereocenters. The molecule has 0 fully saturated rings. The summed E-state index contributed by atoms with van der Waals surface area (Å²) in [6.07, 6.45) is 3.16. The Labute approximate surface area is 111 Å². The number of allylic oxidation sites excluding steroid dienone is 1. The van der Waals surface area contributed by atoms with Gasteiger partial charge >= 0.3 is 5.97 Å². The van der Waals surface area contributed by atoms with Gasteiger partial charge in [-0.3, -0.25) is 0 Å². The fraction of sp³-hybridized carbons (Fsp3) is 0.583. The minimum atomic E-state index is -1.37. The van der Waals surface area contributed by atoms with Crippen LogP contribution in [0.3, 0.4) is 0 Å². The highest BCUT2D eigenvalue weighted by Gasteiger charge is 2.09. The molecule has 0 aliphatic rings. The van der Waals surface area contributed by atoms with Crippen LogP contribution in [0.2, 0.25) is 13.1 Å². The Hall–Kier alpha value is -0.583. The third-order valence-corrected chi connectivity index (χ3v) is 3.16. The molecule has 0 bridgehead atoms. The van der Waals surface area contributed by atoms with E-state index in [1.54, 1.807) is 5.06 Å². The van der Waals surface area contributed by atoms with E-state index in [4.69, 9.17) is 15.9 Å². The Morgan fingerprint density at radius 1 is 1.41 bits per heavy atom. The lowest BCUT2D eigenvalue weighted by Crippen LogP contribution is -2.25. The van der Waals surface area contributed by atoms with E-state index in [2.05, 4.69) is 25.4 Å². The van der Waals surface area contributed by atoms with E-state index >= 15 is 0 Å². The first-order chi connectivity index (χ1) is 7.80. The van der Waals surface area contributed by atoms with E-state index < -0.39 is 13.4 Å². The van der Waals surface area contributed by atoms with Crippen LogP contribution < -0.4 is 0 Å². The third-order valence-electron chi connectivity index (χ3n) is 1.65. The van der Waals surface area contributed by atoms with Gasteiger partial charge < -0.3 is 4.84 Å². The minimum Gasteiger partial charge on any atom is -0.364 e. The number of carbonyl (C=O) groups is 1. The van der Waals surface area contributed by atoms with Crippen LogP contribution in [0, 0.1) is 0 Å². The van der Waals surface area contributed by atoms with Gasteiger partial charge in [0.05, 0.1) is 0 Å². The summed E-state index contributed by atoms with van der Waals surface area (Å²) in [5.41, 5.74) is 2.09. The van der Waals surface area contributed by atoms with Crippen molar-refractivity contribution < 1.29 is 9.63 Å². The first kappa shape index (κ1) is 18.8. The summed E-state index contributed by atoms with van der Waals surface area (Å²) in [6, 6.07) is 0. The SMILES string of the molecule is C=CC(=O)ON(CC)CC.CC=C[Si](C)(C)Cl. The second kappa shape index (κ2) is 10.6. The van der Waals surface area contributed by atoms with Crippen LogP contribution in [-0.2, 0) is 9.63 Å². The summed E-state index contributed by atoms with van der Waals surface area (Å²) < 4.78 is 0. The monoisotopic (exact) mass is 277 g/mol. The van der Waals surface area contributed by atoms with E-state index in [0.29, 0.717) is 13.1 Å². The molecule has 0 radical (unpaired) electrons. The molecule has 0 saturated carbocycles. The van der Waals surface area contributed by atoms with Crippen molar-refractivity contribution in [3.63, 3.8) is 0 Å². The molecular formula is C12H24ClNO2Si. The fourth-order valence-corrected chi connectivity index (χ4v) is 2.08. The van der Waals surface area contributed by atoms with E-state index in [0.717, 1.165) is 6.08 Å². The van der Waals surface area contributed by atoms with Crippen LogP contribution >= 0.6 is 11.1 Å². The second-order valence-electron chi connectivity index (χ2n) is 3.79. The summed E-state index contributed by atoms with van der Waals surface area (Å²) >= 11 is 5.89. The van der Waals surface area contributed by atoms with Crippen molar-refractivity contribution in [3.05, 3.63) is 24.4 Å². The zero-order valence-electron chi connectivity index (χ0n) is 11.5. The molecule has 0 aromatic carbocycles. The average Bonchev–Trinajstić information content (AvgIpc) is 2.24. The first-order valence-corrected chi connectivity index (χ1v) is 9.81. The van der Waals surface area contributed by atoms with Crippen molar-refractivity contribution in [3.8, 4) is 0 Å². The van der Waals surface area contributed by atoms with Crippen LogP contribution in [-0.4, -0.2) is 31.5 Å². The quantitative estimate of drug-likeness (QED) is 0.333. The van der Waals surface area contributed by atoms with Crippen molar-refractivity contribution in [2.75, 3.05) is 13.1 Å². The molecule has 0 aromatic heterocycles. The van der Waals surface area contributed by atoms with Gasteiger partial charge in [-0.1, -0.05) is 31.4 Å². The van der Waals surface area contributed by atoms with Crippen molar-refractivity contribution in [2.24, 2.45) is 0 Å². The predicted octanol–water partition coefficient (Wildman–Crippen LogP) is 3.52. The molecule has 0 spiro atoms. The number of hydroxylamine groups is 2. The zero-order valence-corrected chi connectivity index (χ0v) is 13.3. The fourth-order valence-electron chi connectivity index (χ4n) is 0.914. The van der Waals surface area contributed by atoms with Crippen LogP contribution in [0.15, 0.2) is 24.4 Å². The van der Waals surface area contributed by atoms with Gasteiger partial charge in [-0.05, 0) is 20.8 Å². The normalized spacial score (nSPS) is 11.0. The molecule has 0 N–H and O–H groups in total. The second-order valence-corrected chi connectivity index (χ2v) is 10.2. The minimum absolute atomic E-state index is 0.399. The van der Waals surface area contributed by atoms with Crippen LogP contribution in [0.4, 0.5) is 0 Å². The largest absolute Gasteiger partial charge is 0.364 e. The first-order valence-electron chi connectivity index (χ1n) is 5.72. The maximum atomic E-state index is 10.6. The average molecular weight is 278 g/mol. The molecule has 0 amide bonds. The lowest BCUT2D eigenvalue weighted by molar-refractivity contribution is -0.182. The van der Waals surface area contributed by atoms with E-state index in [-0.39, 0.29) is 0 Å². The van der Waals surface area contributed by atoms with E-state index in [1.165, 1.54) is 0 Å². The van der Waals surface area contributed by atoms with Crippen LogP contribution in [0.1, 0.15) is 20.8 Å². The molecular weight excluding hydrogens is 254 g/mol. The van der Waals surface area contributed by atoms with Gasteiger partial charge in [0.2, 0.25) is 0 Å². The Morgan fingerprint density at radius 2 is 1.88 bits per heavy atom. The summed E-state index contributed by atoms with van der Waals surface area (Å²) in [6.45, 7) is 14.7. The Morgan fingerprint density at radius 3 is 2.06 bits per heavy atom. The summed E-state index contributed by atoms with van der Waals surface area (Å²) in [5, 5.41) is 1.56. The zero-order chi connectivity index (χ0) is 13.9. The van der Waals surface area contributed by atoms with Gasteiger partial charge in [0.25, 0.3) is 0 Å². The van der Waals surface area contributed by atoms with E-state index in [9.17, 15) is 4.79 Å². The van der Waals surface area contributed by atoms with Crippen molar-refractivity contribution >= 4 is 24.4 Å². The highest BCUT2D eigenvalue weighted by Crippen LogP contribution is 2.07. The molecule has 17 heavy (non-hydrogen) atoms. The van der Waals surface area contributed by atoms with Gasteiger partial charge in [0.1, 0.15) is 0 Å². The van der Waals surface area contributed by atoms with Gasteiger partial charge in [0.15, 0.2) is 7.38 Å². The third kappa shape index (κ3) is 15.4. The van der Waals surface area contributed by atoms with Crippen molar-refractivity contribution in [2.45, 2.75) is 33.9 Å². The van der Waals surface area contributed by atoms with Gasteiger partial charge in [-0.15, -0.1) is 5.06 Å². The molecule has 0 heterocycles. The molecule has 0 rings (SSSR count). The predicted molar refractivity (Wildman–Crippen MR) is 77.4 cm³/mol. The van der Waals surface area contributed by atoms with Gasteiger partial charge in [-0.2, -0.15) is 11.1 Å². The lowest BCUT2D eigenvalue weighted by Gasteiger charge is -2.15.